The van der Waals surface area contributed by atoms with Gasteiger partial charge < -0.3 is 14.2 Å². The third-order valence-electron chi connectivity index (χ3n) is 2.06. The van der Waals surface area contributed by atoms with Crippen molar-refractivity contribution in [2.75, 3.05) is 0 Å². The van der Waals surface area contributed by atoms with E-state index < -0.39 is 23.0 Å². The number of Topliss-reactive ketones (excluding diaryl/α,β-unsaturated/α-hetero) is 1. The molecule has 1 saturated heterocycles. The number of carbonyl (C=O) groups excluding carboxylic acids is 4. The van der Waals surface area contributed by atoms with Crippen LogP contribution in [0.4, 0.5) is 0 Å². The van der Waals surface area contributed by atoms with Crippen LogP contribution in [0.1, 0.15) is 26.2 Å². The molecule has 1 rings (SSSR count). The summed E-state index contributed by atoms with van der Waals surface area (Å²) in [5.74, 6) is -2.47. The Labute approximate surface area is 101 Å². The van der Waals surface area contributed by atoms with Gasteiger partial charge >= 0.3 is 5.97 Å². The van der Waals surface area contributed by atoms with E-state index in [1.165, 1.54) is 6.92 Å². The van der Waals surface area contributed by atoms with Gasteiger partial charge in [-0.3, -0.25) is 9.59 Å². The number of hydrogen-bond acceptors (Lipinski definition) is 7. The Hall–Kier alpha value is -1.41. The second-order valence-corrected chi connectivity index (χ2v) is 4.27. The molecule has 1 unspecified atom stereocenters. The van der Waals surface area contributed by atoms with E-state index in [1.54, 1.807) is 0 Å². The van der Waals surface area contributed by atoms with Crippen molar-refractivity contribution >= 4 is 35.6 Å². The SMILES string of the molecule is CC(=O)CCC(=O)ON1C(=O)CC(SO)C1=O. The van der Waals surface area contributed by atoms with Gasteiger partial charge in [-0.1, -0.05) is 0 Å². The largest absolute Gasteiger partial charge is 0.333 e. The van der Waals surface area contributed by atoms with E-state index in [2.05, 4.69) is 4.84 Å². The Kier molecular flexibility index (Phi) is 4.64. The highest BCUT2D eigenvalue weighted by molar-refractivity contribution is 7.95. The van der Waals surface area contributed by atoms with Gasteiger partial charge in [0.1, 0.15) is 11.0 Å². The van der Waals surface area contributed by atoms with Gasteiger partial charge in [0.2, 0.25) is 0 Å². The van der Waals surface area contributed by atoms with E-state index >= 15 is 0 Å². The molecule has 0 bridgehead atoms. The molecule has 0 aromatic heterocycles. The van der Waals surface area contributed by atoms with Crippen LogP contribution in [-0.2, 0) is 24.0 Å². The molecule has 0 radical (unpaired) electrons. The standard InChI is InChI=1S/C9H11NO6S/c1-5(11)2-3-8(13)16-10-7(12)4-6(17-15)9(10)14/h6,15H,2-4H2,1H3. The third-order valence-corrected chi connectivity index (χ3v) is 2.69. The summed E-state index contributed by atoms with van der Waals surface area (Å²) >= 11 is 0.236. The van der Waals surface area contributed by atoms with Crippen LogP contribution in [0, 0.1) is 0 Å². The molecule has 0 aliphatic carbocycles. The van der Waals surface area contributed by atoms with Gasteiger partial charge in [0.15, 0.2) is 0 Å². The molecule has 2 amide bonds. The first-order valence-electron chi connectivity index (χ1n) is 4.83. The lowest BCUT2D eigenvalue weighted by Crippen LogP contribution is -2.34. The smallest absolute Gasteiger partial charge is 0.330 e. The summed E-state index contributed by atoms with van der Waals surface area (Å²) in [6.45, 7) is 1.32. The van der Waals surface area contributed by atoms with Crippen molar-refractivity contribution in [1.82, 2.24) is 5.06 Å². The van der Waals surface area contributed by atoms with Crippen molar-refractivity contribution in [2.45, 2.75) is 31.4 Å². The van der Waals surface area contributed by atoms with E-state index in [-0.39, 0.29) is 37.1 Å². The summed E-state index contributed by atoms with van der Waals surface area (Å²) < 4.78 is 8.71. The van der Waals surface area contributed by atoms with Crippen LogP contribution in [0.5, 0.6) is 0 Å². The van der Waals surface area contributed by atoms with E-state index in [4.69, 9.17) is 4.55 Å². The van der Waals surface area contributed by atoms with Crippen molar-refractivity contribution in [3.8, 4) is 0 Å². The summed E-state index contributed by atoms with van der Waals surface area (Å²) in [5.41, 5.74) is 0. The zero-order valence-corrected chi connectivity index (χ0v) is 9.86. The molecular formula is C9H11NO6S. The van der Waals surface area contributed by atoms with Gasteiger partial charge in [0.05, 0.1) is 12.8 Å². The molecular weight excluding hydrogens is 250 g/mol. The summed E-state index contributed by atoms with van der Waals surface area (Å²) in [6, 6.07) is 0. The van der Waals surface area contributed by atoms with Gasteiger partial charge in [-0.05, 0) is 6.92 Å². The molecule has 17 heavy (non-hydrogen) atoms. The van der Waals surface area contributed by atoms with Crippen LogP contribution in [0.25, 0.3) is 0 Å². The predicted octanol–water partition coefficient (Wildman–Crippen LogP) is 0.147. The first-order chi connectivity index (χ1) is 7.95. The Morgan fingerprint density at radius 1 is 1.47 bits per heavy atom. The molecule has 1 N–H and O–H groups in total. The number of hydrogen-bond donors (Lipinski definition) is 1. The maximum atomic E-state index is 11.4. The van der Waals surface area contributed by atoms with E-state index in [1.807, 2.05) is 0 Å². The fourth-order valence-corrected chi connectivity index (χ4v) is 1.59. The molecule has 0 saturated carbocycles. The van der Waals surface area contributed by atoms with Gasteiger partial charge in [-0.25, -0.2) is 4.79 Å². The number of hydroxylamine groups is 2. The minimum Gasteiger partial charge on any atom is -0.330 e. The molecule has 1 fully saturated rings. The summed E-state index contributed by atoms with van der Waals surface area (Å²) in [7, 11) is 0. The normalized spacial score (nSPS) is 19.6. The van der Waals surface area contributed by atoms with Crippen LogP contribution in [0.3, 0.4) is 0 Å². The van der Waals surface area contributed by atoms with Crippen LogP contribution in [-0.4, -0.2) is 38.4 Å². The van der Waals surface area contributed by atoms with Gasteiger partial charge in [-0.15, -0.1) is 5.06 Å². The summed E-state index contributed by atoms with van der Waals surface area (Å²) in [6.07, 6.45) is -0.406. The van der Waals surface area contributed by atoms with Crippen molar-refractivity contribution in [3.05, 3.63) is 0 Å². The Balaban J connectivity index is 2.51. The van der Waals surface area contributed by atoms with Crippen LogP contribution < -0.4 is 0 Å². The van der Waals surface area contributed by atoms with Gasteiger partial charge in [0.25, 0.3) is 11.8 Å². The lowest BCUT2D eigenvalue weighted by Gasteiger charge is -2.12. The molecule has 0 spiro atoms. The maximum Gasteiger partial charge on any atom is 0.333 e. The van der Waals surface area contributed by atoms with Gasteiger partial charge in [-0.2, -0.15) is 0 Å². The second kappa shape index (κ2) is 5.78. The highest BCUT2D eigenvalue weighted by Crippen LogP contribution is 2.23. The zero-order valence-electron chi connectivity index (χ0n) is 9.04. The first-order valence-corrected chi connectivity index (χ1v) is 5.66. The fourth-order valence-electron chi connectivity index (χ4n) is 1.19. The van der Waals surface area contributed by atoms with Crippen molar-refractivity contribution in [3.63, 3.8) is 0 Å². The predicted molar refractivity (Wildman–Crippen MR) is 56.5 cm³/mol. The zero-order chi connectivity index (χ0) is 13.0. The summed E-state index contributed by atoms with van der Waals surface area (Å²) in [5, 5.41) is -0.584. The number of rotatable bonds is 5. The monoisotopic (exact) mass is 261 g/mol. The first kappa shape index (κ1) is 13.7. The quantitative estimate of drug-likeness (QED) is 0.555. The topological polar surface area (TPSA) is 101 Å². The Morgan fingerprint density at radius 2 is 2.12 bits per heavy atom. The number of nitrogens with zero attached hydrogens (tertiary/aromatic N) is 1. The van der Waals surface area contributed by atoms with E-state index in [0.29, 0.717) is 5.06 Å². The Bertz CT molecular complexity index is 368. The Morgan fingerprint density at radius 3 is 2.59 bits per heavy atom. The lowest BCUT2D eigenvalue weighted by atomic mass is 10.2. The lowest BCUT2D eigenvalue weighted by molar-refractivity contribution is -0.197. The summed E-state index contributed by atoms with van der Waals surface area (Å²) in [4.78, 5) is 49.0. The van der Waals surface area contributed by atoms with Crippen LogP contribution in [0.2, 0.25) is 0 Å². The van der Waals surface area contributed by atoms with Crippen molar-refractivity contribution < 1.29 is 28.6 Å². The number of carbonyl (C=O) groups is 4. The number of imide groups is 1. The minimum absolute atomic E-state index is 0.00671. The molecule has 0 aromatic carbocycles. The average molecular weight is 261 g/mol. The molecule has 1 atom stereocenters. The van der Waals surface area contributed by atoms with Crippen LogP contribution in [0.15, 0.2) is 0 Å². The number of amides is 2. The fraction of sp³-hybridized carbons (Fsp3) is 0.556. The van der Waals surface area contributed by atoms with E-state index in [9.17, 15) is 19.2 Å². The molecule has 8 heteroatoms. The maximum absolute atomic E-state index is 11.4. The van der Waals surface area contributed by atoms with Crippen molar-refractivity contribution in [2.24, 2.45) is 0 Å². The van der Waals surface area contributed by atoms with Crippen LogP contribution >= 0.6 is 12.0 Å². The second-order valence-electron chi connectivity index (χ2n) is 3.49. The molecule has 94 valence electrons. The van der Waals surface area contributed by atoms with Gasteiger partial charge in [0, 0.05) is 18.5 Å². The molecule has 1 aliphatic rings. The highest BCUT2D eigenvalue weighted by atomic mass is 32.2. The average Bonchev–Trinajstić information content (AvgIpc) is 2.53. The van der Waals surface area contributed by atoms with E-state index in [0.717, 1.165) is 0 Å². The molecule has 1 aliphatic heterocycles. The molecule has 7 nitrogen and oxygen atoms in total. The number of ketones is 1. The van der Waals surface area contributed by atoms with Crippen molar-refractivity contribution in [1.29, 1.82) is 0 Å². The third kappa shape index (κ3) is 3.53. The molecule has 0 aromatic rings. The highest BCUT2D eigenvalue weighted by Gasteiger charge is 2.42. The molecule has 1 heterocycles. The minimum atomic E-state index is -0.928.